The Balaban J connectivity index is 1.61. The van der Waals surface area contributed by atoms with Gasteiger partial charge in [0.25, 0.3) is 0 Å². The highest BCUT2D eigenvalue weighted by molar-refractivity contribution is 5.79. The zero-order valence-corrected chi connectivity index (χ0v) is 13.5. The summed E-state index contributed by atoms with van der Waals surface area (Å²) >= 11 is 0. The second kappa shape index (κ2) is 7.84. The first-order valence-corrected chi connectivity index (χ1v) is 8.07. The van der Waals surface area contributed by atoms with Crippen molar-refractivity contribution in [3.05, 3.63) is 59.7 Å². The van der Waals surface area contributed by atoms with Gasteiger partial charge in [-0.2, -0.15) is 0 Å². The van der Waals surface area contributed by atoms with Gasteiger partial charge >= 0.3 is 0 Å². The van der Waals surface area contributed by atoms with Gasteiger partial charge < -0.3 is 19.5 Å². The van der Waals surface area contributed by atoms with Gasteiger partial charge in [0.15, 0.2) is 11.5 Å². The Labute approximate surface area is 141 Å². The molecule has 0 unspecified atom stereocenters. The number of nitrogens with zero attached hydrogens (tertiary/aromatic N) is 1. The molecule has 1 heterocycles. The van der Waals surface area contributed by atoms with Crippen molar-refractivity contribution in [1.82, 2.24) is 4.90 Å². The van der Waals surface area contributed by atoms with Crippen molar-refractivity contribution in [2.45, 2.75) is 12.8 Å². The molecule has 0 atom stereocenters. The molecule has 0 spiro atoms. The number of aliphatic hydroxyl groups excluding tert-OH is 1. The maximum atomic E-state index is 12.6. The van der Waals surface area contributed by atoms with Crippen molar-refractivity contribution in [3.8, 4) is 11.5 Å². The van der Waals surface area contributed by atoms with Crippen LogP contribution in [0.1, 0.15) is 11.1 Å². The third-order valence-corrected chi connectivity index (χ3v) is 4.03. The van der Waals surface area contributed by atoms with Gasteiger partial charge in [0.05, 0.1) is 13.0 Å². The summed E-state index contributed by atoms with van der Waals surface area (Å²) in [4.78, 5) is 14.3. The average molecular weight is 327 g/mol. The molecule has 1 N–H and O–H groups in total. The van der Waals surface area contributed by atoms with Crippen molar-refractivity contribution < 1.29 is 19.4 Å². The van der Waals surface area contributed by atoms with Crippen LogP contribution in [0.4, 0.5) is 0 Å². The van der Waals surface area contributed by atoms with Gasteiger partial charge in [-0.3, -0.25) is 4.79 Å². The zero-order valence-electron chi connectivity index (χ0n) is 13.5. The van der Waals surface area contributed by atoms with Gasteiger partial charge in [0.2, 0.25) is 12.7 Å². The zero-order chi connectivity index (χ0) is 16.8. The van der Waals surface area contributed by atoms with Crippen molar-refractivity contribution in [2.75, 3.05) is 26.5 Å². The molecule has 0 fully saturated rings. The van der Waals surface area contributed by atoms with Crippen molar-refractivity contribution in [3.63, 3.8) is 0 Å². The Morgan fingerprint density at radius 3 is 2.58 bits per heavy atom. The molecule has 0 saturated carbocycles. The number of hydrogen-bond acceptors (Lipinski definition) is 4. The molecule has 5 nitrogen and oxygen atoms in total. The number of carbonyl (C=O) groups is 1. The predicted octanol–water partition coefficient (Wildman–Crippen LogP) is 2.02. The molecule has 0 aliphatic carbocycles. The van der Waals surface area contributed by atoms with Crippen molar-refractivity contribution in [2.24, 2.45) is 0 Å². The minimum atomic E-state index is -0.0400. The first-order valence-electron chi connectivity index (χ1n) is 8.07. The molecular weight excluding hydrogens is 306 g/mol. The van der Waals surface area contributed by atoms with Gasteiger partial charge in [0.1, 0.15) is 0 Å². The molecule has 5 heteroatoms. The van der Waals surface area contributed by atoms with Crippen LogP contribution in [0.2, 0.25) is 0 Å². The van der Waals surface area contributed by atoms with Crippen LogP contribution in [0.15, 0.2) is 48.5 Å². The van der Waals surface area contributed by atoms with Crippen LogP contribution >= 0.6 is 0 Å². The van der Waals surface area contributed by atoms with E-state index in [-0.39, 0.29) is 25.7 Å². The molecule has 0 aromatic heterocycles. The van der Waals surface area contributed by atoms with E-state index in [1.807, 2.05) is 48.5 Å². The minimum Gasteiger partial charge on any atom is -0.454 e. The number of benzene rings is 2. The molecule has 0 bridgehead atoms. The van der Waals surface area contributed by atoms with Gasteiger partial charge in [-0.25, -0.2) is 0 Å². The van der Waals surface area contributed by atoms with Gasteiger partial charge in [-0.05, 0) is 29.7 Å². The van der Waals surface area contributed by atoms with Gasteiger partial charge in [0, 0.05) is 13.1 Å². The molecular formula is C19H21NO4. The normalized spacial score (nSPS) is 12.2. The third kappa shape index (κ3) is 4.06. The van der Waals surface area contributed by atoms with E-state index in [0.717, 1.165) is 12.0 Å². The van der Waals surface area contributed by atoms with Crippen molar-refractivity contribution in [1.29, 1.82) is 0 Å². The van der Waals surface area contributed by atoms with Gasteiger partial charge in [-0.15, -0.1) is 0 Å². The molecule has 1 amide bonds. The topological polar surface area (TPSA) is 59.0 Å². The number of aliphatic hydroxyl groups is 1. The quantitative estimate of drug-likeness (QED) is 0.845. The fourth-order valence-electron chi connectivity index (χ4n) is 2.73. The fraction of sp³-hybridized carbons (Fsp3) is 0.316. The number of amides is 1. The van der Waals surface area contributed by atoms with Crippen LogP contribution in [0.25, 0.3) is 0 Å². The number of fused-ring (bicyclic) bond motifs is 1. The van der Waals surface area contributed by atoms with Crippen LogP contribution in [0.3, 0.4) is 0 Å². The minimum absolute atomic E-state index is 0.00107. The Morgan fingerprint density at radius 1 is 1.00 bits per heavy atom. The molecule has 126 valence electrons. The monoisotopic (exact) mass is 327 g/mol. The largest absolute Gasteiger partial charge is 0.454 e. The molecule has 3 rings (SSSR count). The number of rotatable bonds is 7. The van der Waals surface area contributed by atoms with E-state index in [9.17, 15) is 9.90 Å². The highest BCUT2D eigenvalue weighted by Crippen LogP contribution is 2.32. The van der Waals surface area contributed by atoms with E-state index in [4.69, 9.17) is 9.47 Å². The van der Waals surface area contributed by atoms with Crippen LogP contribution < -0.4 is 9.47 Å². The summed E-state index contributed by atoms with van der Waals surface area (Å²) in [5.41, 5.74) is 2.06. The van der Waals surface area contributed by atoms with E-state index >= 15 is 0 Å². The molecule has 2 aromatic rings. The van der Waals surface area contributed by atoms with Crippen LogP contribution in [-0.2, 0) is 17.6 Å². The fourth-order valence-corrected chi connectivity index (χ4v) is 2.73. The Bertz CT molecular complexity index is 687. The Morgan fingerprint density at radius 2 is 1.79 bits per heavy atom. The van der Waals surface area contributed by atoms with Crippen LogP contribution in [-0.4, -0.2) is 42.4 Å². The van der Waals surface area contributed by atoms with Gasteiger partial charge in [-0.1, -0.05) is 36.4 Å². The molecule has 0 saturated heterocycles. The lowest BCUT2D eigenvalue weighted by molar-refractivity contribution is -0.131. The first-order chi connectivity index (χ1) is 11.8. The maximum Gasteiger partial charge on any atom is 0.231 e. The summed E-state index contributed by atoms with van der Waals surface area (Å²) in [5.74, 6) is 1.39. The van der Waals surface area contributed by atoms with E-state index < -0.39 is 0 Å². The average Bonchev–Trinajstić information content (AvgIpc) is 3.07. The summed E-state index contributed by atoms with van der Waals surface area (Å²) in [6.07, 6.45) is 1.05. The lowest BCUT2D eigenvalue weighted by Crippen LogP contribution is -2.36. The Kier molecular flexibility index (Phi) is 5.33. The Hall–Kier alpha value is -2.53. The number of hydrogen-bond donors (Lipinski definition) is 1. The third-order valence-electron chi connectivity index (χ3n) is 4.03. The second-order valence-corrected chi connectivity index (χ2v) is 5.70. The summed E-state index contributed by atoms with van der Waals surface area (Å²) in [5, 5.41) is 9.25. The van der Waals surface area contributed by atoms with E-state index in [1.54, 1.807) is 4.90 Å². The molecule has 1 aliphatic rings. The van der Waals surface area contributed by atoms with Crippen LogP contribution in [0, 0.1) is 0 Å². The standard InChI is InChI=1S/C19H21NO4/c21-11-10-20(9-8-15-4-2-1-3-5-15)19(22)13-16-6-7-17-18(12-16)24-14-23-17/h1-7,12,21H,8-11,13-14H2. The number of carbonyl (C=O) groups excluding carboxylic acids is 1. The summed E-state index contributed by atoms with van der Waals surface area (Å²) in [7, 11) is 0. The van der Waals surface area contributed by atoms with E-state index in [1.165, 1.54) is 5.56 Å². The summed E-state index contributed by atoms with van der Waals surface area (Å²) in [6.45, 7) is 1.12. The van der Waals surface area contributed by atoms with Crippen LogP contribution in [0.5, 0.6) is 11.5 Å². The summed E-state index contributed by atoms with van der Waals surface area (Å²) in [6, 6.07) is 15.6. The van der Waals surface area contributed by atoms with Crippen molar-refractivity contribution >= 4 is 5.91 Å². The highest BCUT2D eigenvalue weighted by Gasteiger charge is 2.17. The van der Waals surface area contributed by atoms with E-state index in [0.29, 0.717) is 24.6 Å². The molecule has 2 aromatic carbocycles. The molecule has 24 heavy (non-hydrogen) atoms. The summed E-state index contributed by atoms with van der Waals surface area (Å²) < 4.78 is 10.6. The number of ether oxygens (including phenoxy) is 2. The SMILES string of the molecule is O=C(Cc1ccc2c(c1)OCO2)N(CCO)CCc1ccccc1. The lowest BCUT2D eigenvalue weighted by Gasteiger charge is -2.22. The maximum absolute atomic E-state index is 12.6. The van der Waals surface area contributed by atoms with E-state index in [2.05, 4.69) is 0 Å². The highest BCUT2D eigenvalue weighted by atomic mass is 16.7. The molecule has 1 aliphatic heterocycles. The lowest BCUT2D eigenvalue weighted by atomic mass is 10.1. The predicted molar refractivity (Wildman–Crippen MR) is 90.1 cm³/mol. The second-order valence-electron chi connectivity index (χ2n) is 5.70. The smallest absolute Gasteiger partial charge is 0.231 e. The first kappa shape index (κ1) is 16.3. The molecule has 0 radical (unpaired) electrons.